The number of nitrogens with zero attached hydrogens (tertiary/aromatic N) is 2. The van der Waals surface area contributed by atoms with Gasteiger partial charge in [-0.25, -0.2) is 4.98 Å². The maximum absolute atomic E-state index is 12.7. The Morgan fingerprint density at radius 3 is 2.45 bits per heavy atom. The molecule has 1 aromatic carbocycles. The number of carboxylic acid groups (broad SMARTS) is 1. The van der Waals surface area contributed by atoms with Gasteiger partial charge in [0.25, 0.3) is 5.91 Å². The lowest BCUT2D eigenvalue weighted by atomic mass is 9.92. The topological polar surface area (TPSA) is 95.7 Å². The maximum atomic E-state index is 12.7. The molecule has 0 spiro atoms. The molecule has 29 heavy (non-hydrogen) atoms. The summed E-state index contributed by atoms with van der Waals surface area (Å²) in [6.07, 6.45) is 1.85. The van der Waals surface area contributed by atoms with Crippen molar-refractivity contribution in [1.82, 2.24) is 14.7 Å². The van der Waals surface area contributed by atoms with E-state index >= 15 is 0 Å². The number of aliphatic carboxylic acids is 1. The molecule has 0 saturated carbocycles. The third-order valence-electron chi connectivity index (χ3n) is 4.63. The summed E-state index contributed by atoms with van der Waals surface area (Å²) < 4.78 is 1.85. The fourth-order valence-electron chi connectivity index (χ4n) is 3.05. The smallest absolute Gasteiger partial charge is 0.325 e. The quantitative estimate of drug-likeness (QED) is 0.595. The number of aromatic nitrogens is 2. The number of amides is 1. The van der Waals surface area contributed by atoms with E-state index in [0.717, 1.165) is 17.1 Å². The van der Waals surface area contributed by atoms with Crippen LogP contribution in [0.25, 0.3) is 5.65 Å². The van der Waals surface area contributed by atoms with E-state index in [0.29, 0.717) is 17.8 Å². The number of anilines is 1. The summed E-state index contributed by atoms with van der Waals surface area (Å²) in [6.45, 7) is 8.24. The molecule has 7 nitrogen and oxygen atoms in total. The number of nitrogens with one attached hydrogen (secondary N) is 2. The van der Waals surface area contributed by atoms with Crippen LogP contribution in [-0.4, -0.2) is 32.4 Å². The molecule has 0 aliphatic heterocycles. The van der Waals surface area contributed by atoms with Crippen molar-refractivity contribution in [3.63, 3.8) is 0 Å². The number of hydrogen-bond donors (Lipinski definition) is 3. The minimum absolute atomic E-state index is 0.257. The average molecular weight is 394 g/mol. The summed E-state index contributed by atoms with van der Waals surface area (Å²) in [5, 5.41) is 15.0. The number of pyridine rings is 1. The molecule has 0 aliphatic rings. The number of carbonyl (C=O) groups is 2. The first-order valence-electron chi connectivity index (χ1n) is 9.51. The monoisotopic (exact) mass is 394 g/mol. The van der Waals surface area contributed by atoms with Crippen LogP contribution in [0.2, 0.25) is 0 Å². The van der Waals surface area contributed by atoms with E-state index < -0.39 is 17.9 Å². The summed E-state index contributed by atoms with van der Waals surface area (Å²) >= 11 is 0. The van der Waals surface area contributed by atoms with Crippen molar-refractivity contribution in [2.45, 2.75) is 45.7 Å². The number of hydrogen-bond acceptors (Lipinski definition) is 4. The van der Waals surface area contributed by atoms with Gasteiger partial charge in [0.15, 0.2) is 5.65 Å². The Hall–Kier alpha value is -3.35. The van der Waals surface area contributed by atoms with Crippen LogP contribution < -0.4 is 10.6 Å². The van der Waals surface area contributed by atoms with Crippen molar-refractivity contribution in [3.05, 3.63) is 65.5 Å². The van der Waals surface area contributed by atoms with Crippen molar-refractivity contribution in [2.75, 3.05) is 5.32 Å². The zero-order valence-corrected chi connectivity index (χ0v) is 17.1. The summed E-state index contributed by atoms with van der Waals surface area (Å²) in [6, 6.07) is 12.5. The molecule has 1 unspecified atom stereocenters. The van der Waals surface area contributed by atoms with E-state index in [1.807, 2.05) is 40.9 Å². The minimum atomic E-state index is -1.09. The van der Waals surface area contributed by atoms with Gasteiger partial charge in [0.05, 0.1) is 11.3 Å². The predicted octanol–water partition coefficient (Wildman–Crippen LogP) is 3.45. The van der Waals surface area contributed by atoms with Gasteiger partial charge >= 0.3 is 5.97 Å². The molecule has 0 radical (unpaired) electrons. The molecule has 1 atom stereocenters. The molecule has 0 fully saturated rings. The number of benzene rings is 1. The van der Waals surface area contributed by atoms with Crippen LogP contribution in [0.1, 0.15) is 49.3 Å². The highest BCUT2D eigenvalue weighted by molar-refractivity contribution is 6.01. The number of carbonyl (C=O) groups excluding carboxylic acids is 1. The molecule has 0 saturated heterocycles. The second kappa shape index (κ2) is 7.95. The average Bonchev–Trinajstić information content (AvgIpc) is 3.06. The number of rotatable bonds is 6. The molecule has 0 aliphatic carbocycles. The third-order valence-corrected chi connectivity index (χ3v) is 4.63. The minimum Gasteiger partial charge on any atom is -0.480 e. The largest absolute Gasteiger partial charge is 0.480 e. The molecule has 152 valence electrons. The van der Waals surface area contributed by atoms with Crippen molar-refractivity contribution < 1.29 is 14.7 Å². The van der Waals surface area contributed by atoms with Gasteiger partial charge in [-0.3, -0.25) is 14.0 Å². The van der Waals surface area contributed by atoms with Crippen LogP contribution >= 0.6 is 0 Å². The Bertz CT molecular complexity index is 1040. The Morgan fingerprint density at radius 2 is 1.83 bits per heavy atom. The van der Waals surface area contributed by atoms with Gasteiger partial charge in [-0.05, 0) is 24.6 Å². The van der Waals surface area contributed by atoms with Crippen molar-refractivity contribution >= 4 is 23.3 Å². The summed E-state index contributed by atoms with van der Waals surface area (Å²) in [5.74, 6) is -0.739. The molecule has 2 heterocycles. The van der Waals surface area contributed by atoms with E-state index in [1.54, 1.807) is 12.1 Å². The number of carboxylic acids is 1. The second-order valence-corrected chi connectivity index (χ2v) is 8.05. The van der Waals surface area contributed by atoms with Gasteiger partial charge in [0, 0.05) is 18.2 Å². The highest BCUT2D eigenvalue weighted by Crippen LogP contribution is 2.31. The van der Waals surface area contributed by atoms with Crippen molar-refractivity contribution in [2.24, 2.45) is 0 Å². The molecule has 7 heteroatoms. The first kappa shape index (κ1) is 20.4. The summed E-state index contributed by atoms with van der Waals surface area (Å²) in [4.78, 5) is 28.5. The number of imidazole rings is 1. The highest BCUT2D eigenvalue weighted by Gasteiger charge is 2.26. The van der Waals surface area contributed by atoms with Crippen LogP contribution in [0.15, 0.2) is 48.7 Å². The van der Waals surface area contributed by atoms with Gasteiger partial charge in [0.1, 0.15) is 11.9 Å². The van der Waals surface area contributed by atoms with Crippen LogP contribution in [-0.2, 0) is 16.8 Å². The van der Waals surface area contributed by atoms with Gasteiger partial charge in [0.2, 0.25) is 0 Å². The lowest BCUT2D eigenvalue weighted by Crippen LogP contribution is -2.38. The van der Waals surface area contributed by atoms with E-state index in [2.05, 4.69) is 31.4 Å². The number of fused-ring (bicyclic) bond motifs is 1. The molecule has 3 N–H and O–H groups in total. The zero-order chi connectivity index (χ0) is 21.2. The predicted molar refractivity (Wildman–Crippen MR) is 112 cm³/mol. The Labute approximate surface area is 169 Å². The zero-order valence-electron chi connectivity index (χ0n) is 17.1. The van der Waals surface area contributed by atoms with Crippen LogP contribution in [0.4, 0.5) is 5.82 Å². The Kier molecular flexibility index (Phi) is 5.59. The van der Waals surface area contributed by atoms with E-state index in [9.17, 15) is 9.59 Å². The lowest BCUT2D eigenvalue weighted by Gasteiger charge is -2.18. The molecular formula is C22H26N4O3. The third kappa shape index (κ3) is 4.39. The van der Waals surface area contributed by atoms with Crippen LogP contribution in [0, 0.1) is 0 Å². The molecule has 0 bridgehead atoms. The Balaban J connectivity index is 2.03. The highest BCUT2D eigenvalue weighted by atomic mass is 16.4. The fraction of sp³-hybridized carbons (Fsp3) is 0.318. The fourth-order valence-corrected chi connectivity index (χ4v) is 3.05. The SMILES string of the molecule is CC(NC(=O)c1cccn2c(NCc3ccccc3)c(C(C)(C)C)nc12)C(=O)O. The van der Waals surface area contributed by atoms with Gasteiger partial charge < -0.3 is 15.7 Å². The molecule has 3 aromatic rings. The van der Waals surface area contributed by atoms with Crippen molar-refractivity contribution in [3.8, 4) is 0 Å². The van der Waals surface area contributed by atoms with E-state index in [1.165, 1.54) is 6.92 Å². The summed E-state index contributed by atoms with van der Waals surface area (Å²) in [5.41, 5.74) is 2.53. The second-order valence-electron chi connectivity index (χ2n) is 8.05. The van der Waals surface area contributed by atoms with Gasteiger partial charge in [-0.15, -0.1) is 0 Å². The molecular weight excluding hydrogens is 368 g/mol. The lowest BCUT2D eigenvalue weighted by molar-refractivity contribution is -0.138. The first-order chi connectivity index (χ1) is 13.7. The van der Waals surface area contributed by atoms with Crippen LogP contribution in [0.3, 0.4) is 0 Å². The maximum Gasteiger partial charge on any atom is 0.325 e. The van der Waals surface area contributed by atoms with E-state index in [4.69, 9.17) is 10.1 Å². The Morgan fingerprint density at radius 1 is 1.14 bits per heavy atom. The van der Waals surface area contributed by atoms with Crippen molar-refractivity contribution in [1.29, 1.82) is 0 Å². The van der Waals surface area contributed by atoms with E-state index in [-0.39, 0.29) is 5.41 Å². The molecule has 3 rings (SSSR count). The standard InChI is InChI=1S/C22H26N4O3/c1-14(21(28)29)24-20(27)16-11-8-12-26-18(16)25-17(22(2,3)4)19(26)23-13-15-9-6-5-7-10-15/h5-12,14,23H,13H2,1-4H3,(H,24,27)(H,28,29). The summed E-state index contributed by atoms with van der Waals surface area (Å²) in [7, 11) is 0. The normalized spacial score (nSPS) is 12.6. The molecule has 2 aromatic heterocycles. The first-order valence-corrected chi connectivity index (χ1v) is 9.51. The van der Waals surface area contributed by atoms with Gasteiger partial charge in [-0.1, -0.05) is 51.1 Å². The van der Waals surface area contributed by atoms with Gasteiger partial charge in [-0.2, -0.15) is 0 Å². The molecule has 1 amide bonds. The van der Waals surface area contributed by atoms with Crippen LogP contribution in [0.5, 0.6) is 0 Å².